The van der Waals surface area contributed by atoms with Crippen molar-refractivity contribution in [3.8, 4) is 6.07 Å². The number of hydrogen-bond donors (Lipinski definition) is 1. The average Bonchev–Trinajstić information content (AvgIpc) is 3.15. The molecule has 0 bridgehead atoms. The summed E-state index contributed by atoms with van der Waals surface area (Å²) < 4.78 is 5.57. The summed E-state index contributed by atoms with van der Waals surface area (Å²) in [5, 5.41) is 12.3. The zero-order valence-corrected chi connectivity index (χ0v) is 12.0. The number of nitrogens with zero attached hydrogens (tertiary/aromatic N) is 1. The minimum absolute atomic E-state index is 0.156. The zero-order valence-electron chi connectivity index (χ0n) is 12.0. The van der Waals surface area contributed by atoms with Crippen LogP contribution < -0.4 is 5.32 Å². The fourth-order valence-electron chi connectivity index (χ4n) is 1.83. The summed E-state index contributed by atoms with van der Waals surface area (Å²) >= 11 is 0. The topological polar surface area (TPSA) is 45.0 Å². The Balaban J connectivity index is 1.74. The van der Waals surface area contributed by atoms with Gasteiger partial charge >= 0.3 is 0 Å². The van der Waals surface area contributed by atoms with Crippen molar-refractivity contribution in [3.05, 3.63) is 0 Å². The highest BCUT2D eigenvalue weighted by Crippen LogP contribution is 2.28. The minimum Gasteiger partial charge on any atom is -0.381 e. The first-order valence-electron chi connectivity index (χ1n) is 7.34. The Kier molecular flexibility index (Phi) is 7.31. The Morgan fingerprint density at radius 2 is 1.94 bits per heavy atom. The zero-order chi connectivity index (χ0) is 13.3. The van der Waals surface area contributed by atoms with Crippen LogP contribution in [-0.2, 0) is 4.74 Å². The fraction of sp³-hybridized carbons (Fsp3) is 0.933. The third-order valence-electron chi connectivity index (χ3n) is 3.40. The largest absolute Gasteiger partial charge is 0.381 e. The van der Waals surface area contributed by atoms with Crippen LogP contribution in [0.1, 0.15) is 52.4 Å². The molecule has 3 heteroatoms. The summed E-state index contributed by atoms with van der Waals surface area (Å²) in [5.41, 5.74) is -0.156. The van der Waals surface area contributed by atoms with E-state index in [1.54, 1.807) is 0 Å². The Morgan fingerprint density at radius 1 is 1.22 bits per heavy atom. The highest BCUT2D eigenvalue weighted by Gasteiger charge is 2.20. The monoisotopic (exact) mass is 252 g/mol. The number of rotatable bonds is 11. The van der Waals surface area contributed by atoms with Gasteiger partial charge in [-0.1, -0.05) is 6.42 Å². The van der Waals surface area contributed by atoms with Crippen molar-refractivity contribution in [2.75, 3.05) is 26.3 Å². The molecule has 3 nitrogen and oxygen atoms in total. The van der Waals surface area contributed by atoms with Crippen LogP contribution in [0.3, 0.4) is 0 Å². The van der Waals surface area contributed by atoms with Crippen molar-refractivity contribution in [3.63, 3.8) is 0 Å². The van der Waals surface area contributed by atoms with Crippen molar-refractivity contribution < 1.29 is 4.74 Å². The van der Waals surface area contributed by atoms with E-state index >= 15 is 0 Å². The van der Waals surface area contributed by atoms with Gasteiger partial charge in [0.1, 0.15) is 0 Å². The molecule has 18 heavy (non-hydrogen) atoms. The van der Waals surface area contributed by atoms with E-state index in [0.29, 0.717) is 0 Å². The third kappa shape index (κ3) is 8.49. The summed E-state index contributed by atoms with van der Waals surface area (Å²) in [4.78, 5) is 0. The molecule has 0 spiro atoms. The van der Waals surface area contributed by atoms with Gasteiger partial charge < -0.3 is 10.1 Å². The van der Waals surface area contributed by atoms with Crippen molar-refractivity contribution >= 4 is 0 Å². The van der Waals surface area contributed by atoms with Gasteiger partial charge in [-0.05, 0) is 65.0 Å². The normalized spacial score (nSPS) is 15.6. The van der Waals surface area contributed by atoms with E-state index in [1.807, 2.05) is 13.8 Å². The Morgan fingerprint density at radius 3 is 2.61 bits per heavy atom. The Bertz CT molecular complexity index is 254. The van der Waals surface area contributed by atoms with Crippen LogP contribution >= 0.6 is 0 Å². The third-order valence-corrected chi connectivity index (χ3v) is 3.40. The van der Waals surface area contributed by atoms with E-state index in [2.05, 4.69) is 11.4 Å². The second kappa shape index (κ2) is 8.50. The minimum atomic E-state index is -0.156. The van der Waals surface area contributed by atoms with E-state index in [-0.39, 0.29) is 5.41 Å². The number of nitrogens with one attached hydrogen (secondary N) is 1. The van der Waals surface area contributed by atoms with Crippen LogP contribution in [0.2, 0.25) is 0 Å². The molecule has 1 rings (SSSR count). The lowest BCUT2D eigenvalue weighted by Gasteiger charge is -2.14. The molecule has 0 heterocycles. The summed E-state index contributed by atoms with van der Waals surface area (Å²) in [6.45, 7) is 8.00. The fourth-order valence-corrected chi connectivity index (χ4v) is 1.83. The summed E-state index contributed by atoms with van der Waals surface area (Å²) in [7, 11) is 0. The van der Waals surface area contributed by atoms with Gasteiger partial charge in [0.05, 0.1) is 11.5 Å². The van der Waals surface area contributed by atoms with Crippen molar-refractivity contribution in [1.29, 1.82) is 5.26 Å². The molecule has 0 atom stereocenters. The second-order valence-electron chi connectivity index (χ2n) is 6.07. The quantitative estimate of drug-likeness (QED) is 0.575. The lowest BCUT2D eigenvalue weighted by molar-refractivity contribution is 0.122. The molecule has 1 aliphatic rings. The average molecular weight is 252 g/mol. The van der Waals surface area contributed by atoms with Gasteiger partial charge in [0, 0.05) is 13.2 Å². The van der Waals surface area contributed by atoms with Crippen molar-refractivity contribution in [2.45, 2.75) is 52.4 Å². The molecule has 104 valence electrons. The van der Waals surface area contributed by atoms with Gasteiger partial charge in [0.15, 0.2) is 0 Å². The maximum Gasteiger partial charge on any atom is 0.0683 e. The number of ether oxygens (including phenoxy) is 1. The lowest BCUT2D eigenvalue weighted by Crippen LogP contribution is -2.19. The molecule has 1 N–H and O–H groups in total. The van der Waals surface area contributed by atoms with Crippen molar-refractivity contribution in [2.24, 2.45) is 11.3 Å². The van der Waals surface area contributed by atoms with Gasteiger partial charge in [-0.15, -0.1) is 0 Å². The van der Waals surface area contributed by atoms with E-state index in [4.69, 9.17) is 10.00 Å². The molecule has 0 aromatic rings. The standard InChI is InChI=1S/C15H28N2O/c1-15(2,13-16)8-3-4-9-17-10-5-11-18-12-14-6-7-14/h14,17H,3-12H2,1-2H3. The molecule has 1 saturated carbocycles. The second-order valence-corrected chi connectivity index (χ2v) is 6.07. The maximum absolute atomic E-state index is 8.88. The Labute approximate surface area is 112 Å². The number of nitriles is 1. The van der Waals surface area contributed by atoms with Gasteiger partial charge in [-0.2, -0.15) is 5.26 Å². The predicted octanol–water partition coefficient (Wildman–Crippen LogP) is 3.11. The lowest BCUT2D eigenvalue weighted by atomic mass is 9.89. The first-order chi connectivity index (χ1) is 8.64. The number of unbranched alkanes of at least 4 members (excludes halogenated alkanes) is 1. The molecule has 0 amide bonds. The molecule has 0 radical (unpaired) electrons. The summed E-state index contributed by atoms with van der Waals surface area (Å²) in [5.74, 6) is 0.876. The molecule has 0 aliphatic heterocycles. The summed E-state index contributed by atoms with van der Waals surface area (Å²) in [6.07, 6.45) is 7.14. The molecular formula is C15H28N2O. The van der Waals surface area contributed by atoms with Crippen LogP contribution in [0.4, 0.5) is 0 Å². The molecule has 0 saturated heterocycles. The number of hydrogen-bond acceptors (Lipinski definition) is 3. The van der Waals surface area contributed by atoms with E-state index in [9.17, 15) is 0 Å². The van der Waals surface area contributed by atoms with E-state index in [1.165, 1.54) is 12.8 Å². The molecule has 0 unspecified atom stereocenters. The van der Waals surface area contributed by atoms with Gasteiger partial charge in [0.25, 0.3) is 0 Å². The molecule has 1 fully saturated rings. The molecule has 0 aromatic carbocycles. The SMILES string of the molecule is CC(C)(C#N)CCCCNCCCOCC1CC1. The predicted molar refractivity (Wildman–Crippen MR) is 74.3 cm³/mol. The van der Waals surface area contributed by atoms with Crippen LogP contribution in [0.15, 0.2) is 0 Å². The first-order valence-corrected chi connectivity index (χ1v) is 7.34. The van der Waals surface area contributed by atoms with Gasteiger partial charge in [0.2, 0.25) is 0 Å². The van der Waals surface area contributed by atoms with Crippen molar-refractivity contribution in [1.82, 2.24) is 5.32 Å². The highest BCUT2D eigenvalue weighted by molar-refractivity contribution is 4.91. The Hall–Kier alpha value is -0.590. The molecule has 0 aromatic heterocycles. The van der Waals surface area contributed by atoms with Gasteiger partial charge in [-0.3, -0.25) is 0 Å². The summed E-state index contributed by atoms with van der Waals surface area (Å²) in [6, 6.07) is 2.34. The molecule has 1 aliphatic carbocycles. The van der Waals surface area contributed by atoms with Crippen LogP contribution in [0.25, 0.3) is 0 Å². The highest BCUT2D eigenvalue weighted by atomic mass is 16.5. The smallest absolute Gasteiger partial charge is 0.0683 e. The van der Waals surface area contributed by atoms with Crippen LogP contribution in [-0.4, -0.2) is 26.3 Å². The van der Waals surface area contributed by atoms with Crippen LogP contribution in [0, 0.1) is 22.7 Å². The first kappa shape index (κ1) is 15.5. The molecular weight excluding hydrogens is 224 g/mol. The maximum atomic E-state index is 8.88. The van der Waals surface area contributed by atoms with E-state index < -0.39 is 0 Å². The van der Waals surface area contributed by atoms with E-state index in [0.717, 1.165) is 57.9 Å². The van der Waals surface area contributed by atoms with Gasteiger partial charge in [-0.25, -0.2) is 0 Å². The van der Waals surface area contributed by atoms with Crippen LogP contribution in [0.5, 0.6) is 0 Å².